The first-order valence-corrected chi connectivity index (χ1v) is 11.6. The van der Waals surface area contributed by atoms with Gasteiger partial charge in [0, 0.05) is 6.54 Å². The van der Waals surface area contributed by atoms with Crippen LogP contribution in [0.4, 0.5) is 0 Å². The van der Waals surface area contributed by atoms with Gasteiger partial charge in [-0.15, -0.1) is 16.9 Å². The molecule has 0 aliphatic carbocycles. The summed E-state index contributed by atoms with van der Waals surface area (Å²) in [5.41, 5.74) is 0.113. The van der Waals surface area contributed by atoms with Crippen molar-refractivity contribution in [3.8, 4) is 0 Å². The molecule has 166 valence electrons. The summed E-state index contributed by atoms with van der Waals surface area (Å²) in [7, 11) is 2.08. The van der Waals surface area contributed by atoms with Crippen LogP contribution >= 0.6 is 11.8 Å². The number of hydrogen-bond acceptors (Lipinski definition) is 9. The molecule has 0 aromatic carbocycles. The largest absolute Gasteiger partial charge is 0.391 e. The molecule has 0 bridgehead atoms. The number of rotatable bonds is 7. The second-order valence-electron chi connectivity index (χ2n) is 8.38. The Balaban J connectivity index is 1.82. The van der Waals surface area contributed by atoms with Crippen LogP contribution in [0.25, 0.3) is 0 Å². The molecule has 1 aromatic rings. The Morgan fingerprint density at radius 2 is 2.00 bits per heavy atom. The number of aromatic nitrogens is 3. The lowest BCUT2D eigenvalue weighted by atomic mass is 9.92. The molecule has 0 saturated carbocycles. The Bertz CT molecular complexity index is 660. The molecule has 2 aliphatic rings. The van der Waals surface area contributed by atoms with Gasteiger partial charge < -0.3 is 25.2 Å². The van der Waals surface area contributed by atoms with E-state index in [9.17, 15) is 20.4 Å². The Morgan fingerprint density at radius 3 is 2.62 bits per heavy atom. The first-order valence-electron chi connectivity index (χ1n) is 10.3. The zero-order valence-electron chi connectivity index (χ0n) is 17.5. The van der Waals surface area contributed by atoms with E-state index >= 15 is 0 Å². The number of likely N-dealkylation sites (tertiary alicyclic amines) is 1. The summed E-state index contributed by atoms with van der Waals surface area (Å²) in [6.45, 7) is 4.81. The van der Waals surface area contributed by atoms with Gasteiger partial charge in [-0.25, -0.2) is 4.68 Å². The molecule has 2 aliphatic heterocycles. The van der Waals surface area contributed by atoms with E-state index < -0.39 is 42.0 Å². The normalized spacial score (nSPS) is 38.3. The molecule has 0 spiro atoms. The van der Waals surface area contributed by atoms with E-state index in [1.165, 1.54) is 22.9 Å². The summed E-state index contributed by atoms with van der Waals surface area (Å²) in [5, 5.41) is 49.9. The van der Waals surface area contributed by atoms with Crippen LogP contribution in [-0.2, 0) is 4.74 Å². The van der Waals surface area contributed by atoms with Gasteiger partial charge in [-0.2, -0.15) is 0 Å². The SMILES string of the molecule is CCC[C@@H]1C[C@@H](c2cn([C@@H]([C@H]3O[C@H](SC)[C@H](O)[C@@H](O)[C@H]3O)[C@@H](C)O)nn2)N(C)C1. The first-order chi connectivity index (χ1) is 13.8. The van der Waals surface area contributed by atoms with Gasteiger partial charge >= 0.3 is 0 Å². The number of aliphatic hydroxyl groups excluding tert-OH is 4. The summed E-state index contributed by atoms with van der Waals surface area (Å²) < 4.78 is 7.38. The smallest absolute Gasteiger partial charge is 0.132 e. The zero-order chi connectivity index (χ0) is 21.3. The van der Waals surface area contributed by atoms with Crippen LogP contribution < -0.4 is 0 Å². The quantitative estimate of drug-likeness (QED) is 0.479. The summed E-state index contributed by atoms with van der Waals surface area (Å²) in [6.07, 6.45) is 1.13. The van der Waals surface area contributed by atoms with Crippen molar-refractivity contribution in [2.45, 2.75) is 81.1 Å². The molecule has 9 nitrogen and oxygen atoms in total. The third kappa shape index (κ3) is 4.63. The van der Waals surface area contributed by atoms with Gasteiger partial charge in [-0.05, 0) is 39.0 Å². The van der Waals surface area contributed by atoms with E-state index in [1.807, 2.05) is 0 Å². The highest BCUT2D eigenvalue weighted by Gasteiger charge is 2.48. The van der Waals surface area contributed by atoms with E-state index in [1.54, 1.807) is 19.4 Å². The van der Waals surface area contributed by atoms with E-state index in [-0.39, 0.29) is 6.04 Å². The van der Waals surface area contributed by atoms with Crippen LogP contribution in [0.2, 0.25) is 0 Å². The summed E-state index contributed by atoms with van der Waals surface area (Å²) in [4.78, 5) is 2.28. The lowest BCUT2D eigenvalue weighted by Crippen LogP contribution is -2.59. The minimum atomic E-state index is -1.37. The highest BCUT2D eigenvalue weighted by atomic mass is 32.2. The monoisotopic (exact) mass is 430 g/mol. The van der Waals surface area contributed by atoms with Crippen LogP contribution in [0.15, 0.2) is 6.20 Å². The Labute approximate surface area is 176 Å². The average molecular weight is 431 g/mol. The van der Waals surface area contributed by atoms with Gasteiger partial charge in [0.05, 0.1) is 24.0 Å². The third-order valence-corrected chi connectivity index (χ3v) is 7.03. The van der Waals surface area contributed by atoms with E-state index in [0.29, 0.717) is 5.92 Å². The molecule has 1 aromatic heterocycles. The van der Waals surface area contributed by atoms with Crippen LogP contribution in [-0.4, -0.2) is 96.1 Å². The molecular weight excluding hydrogens is 396 g/mol. The highest BCUT2D eigenvalue weighted by Crippen LogP contribution is 2.37. The molecule has 9 atom stereocenters. The maximum atomic E-state index is 10.5. The number of aliphatic hydroxyl groups is 4. The number of thioether (sulfide) groups is 1. The fourth-order valence-corrected chi connectivity index (χ4v) is 5.33. The molecule has 3 rings (SSSR count). The molecule has 4 N–H and O–H groups in total. The predicted molar refractivity (Wildman–Crippen MR) is 109 cm³/mol. The van der Waals surface area contributed by atoms with Crippen molar-refractivity contribution < 1.29 is 25.2 Å². The molecule has 0 radical (unpaired) electrons. The second kappa shape index (κ2) is 9.59. The number of nitrogens with zero attached hydrogens (tertiary/aromatic N) is 4. The van der Waals surface area contributed by atoms with E-state index in [4.69, 9.17) is 4.74 Å². The summed E-state index contributed by atoms with van der Waals surface area (Å²) >= 11 is 1.24. The molecule has 29 heavy (non-hydrogen) atoms. The molecule has 2 saturated heterocycles. The van der Waals surface area contributed by atoms with Crippen molar-refractivity contribution in [3.63, 3.8) is 0 Å². The summed E-state index contributed by atoms with van der Waals surface area (Å²) in [5.74, 6) is 0.634. The highest BCUT2D eigenvalue weighted by molar-refractivity contribution is 7.99. The van der Waals surface area contributed by atoms with E-state index in [2.05, 4.69) is 29.2 Å². The lowest BCUT2D eigenvalue weighted by Gasteiger charge is -2.43. The van der Waals surface area contributed by atoms with Crippen LogP contribution in [0, 0.1) is 5.92 Å². The number of hydrogen-bond donors (Lipinski definition) is 4. The third-order valence-electron chi connectivity index (χ3n) is 6.18. The fourth-order valence-electron chi connectivity index (χ4n) is 4.65. The molecule has 2 fully saturated rings. The van der Waals surface area contributed by atoms with Crippen molar-refractivity contribution >= 4 is 11.8 Å². The zero-order valence-corrected chi connectivity index (χ0v) is 18.3. The average Bonchev–Trinajstić information content (AvgIpc) is 3.28. The predicted octanol–water partition coefficient (Wildman–Crippen LogP) is 0.164. The fraction of sp³-hybridized carbons (Fsp3) is 0.895. The van der Waals surface area contributed by atoms with Crippen molar-refractivity contribution in [2.24, 2.45) is 5.92 Å². The molecule has 10 heteroatoms. The Morgan fingerprint density at radius 1 is 1.28 bits per heavy atom. The van der Waals surface area contributed by atoms with Crippen LogP contribution in [0.3, 0.4) is 0 Å². The van der Waals surface area contributed by atoms with Crippen LogP contribution in [0.1, 0.15) is 50.9 Å². The lowest BCUT2D eigenvalue weighted by molar-refractivity contribution is -0.216. The van der Waals surface area contributed by atoms with E-state index in [0.717, 1.165) is 25.1 Å². The molecular formula is C19H34N4O5S. The summed E-state index contributed by atoms with van der Waals surface area (Å²) in [6, 6.07) is -0.584. The van der Waals surface area contributed by atoms with Gasteiger partial charge in [0.25, 0.3) is 0 Å². The number of ether oxygens (including phenoxy) is 1. The van der Waals surface area contributed by atoms with Gasteiger partial charge in [0.2, 0.25) is 0 Å². The van der Waals surface area contributed by atoms with Crippen LogP contribution in [0.5, 0.6) is 0 Å². The van der Waals surface area contributed by atoms with Crippen molar-refractivity contribution in [1.29, 1.82) is 0 Å². The maximum Gasteiger partial charge on any atom is 0.132 e. The van der Waals surface area contributed by atoms with Crippen molar-refractivity contribution in [1.82, 2.24) is 19.9 Å². The van der Waals surface area contributed by atoms with Gasteiger partial charge in [-0.1, -0.05) is 18.6 Å². The minimum absolute atomic E-state index is 0.165. The Kier molecular flexibility index (Phi) is 7.58. The molecule has 3 heterocycles. The van der Waals surface area contributed by atoms with Gasteiger partial charge in [-0.3, -0.25) is 4.90 Å². The topological polar surface area (TPSA) is 124 Å². The molecule has 0 unspecified atom stereocenters. The minimum Gasteiger partial charge on any atom is -0.391 e. The van der Waals surface area contributed by atoms with Crippen molar-refractivity contribution in [2.75, 3.05) is 19.8 Å². The Hall–Kier alpha value is -0.750. The maximum absolute atomic E-state index is 10.5. The van der Waals surface area contributed by atoms with Crippen molar-refractivity contribution in [3.05, 3.63) is 11.9 Å². The van der Waals surface area contributed by atoms with Gasteiger partial charge in [0.1, 0.15) is 35.9 Å². The first kappa shape index (κ1) is 22.9. The van der Waals surface area contributed by atoms with Gasteiger partial charge in [0.15, 0.2) is 0 Å². The standard InChI is InChI=1S/C19H34N4O5S/c1-5-6-11-7-13(22(3)8-11)12-9-23(21-20-12)14(10(2)24)18-16(26)15(25)17(27)19(28-18)29-4/h9-11,13-19,24-27H,5-8H2,1-4H3/t10-,11-,13+,14-,15+,16-,17-,18-,19-/m1/s1. The second-order valence-corrected chi connectivity index (χ2v) is 9.31. The molecule has 0 amide bonds.